The normalized spacial score (nSPS) is 17.2. The summed E-state index contributed by atoms with van der Waals surface area (Å²) in [6, 6.07) is 14.9. The van der Waals surface area contributed by atoms with Crippen LogP contribution in [0.4, 0.5) is 0 Å². The van der Waals surface area contributed by atoms with Crippen LogP contribution >= 0.6 is 23.1 Å². The first-order valence-electron chi connectivity index (χ1n) is 9.74. The summed E-state index contributed by atoms with van der Waals surface area (Å²) >= 11 is 3.62. The highest BCUT2D eigenvalue weighted by Crippen LogP contribution is 2.48. The average Bonchev–Trinajstić information content (AvgIpc) is 3.49. The molecule has 2 aromatic heterocycles. The molecule has 28 heavy (non-hydrogen) atoms. The standard InChI is InChI=1S/C22H23N3OS2/c1-27-22-18(16-8-3-2-4-9-16)20-21(28-22)19(17-10-7-13-25(17)20)23-26-15-14-24-11-5-6-12-24/h2-4,7-10,13H,5-6,11-12,14-15H2,1H3. The highest BCUT2D eigenvalue weighted by molar-refractivity contribution is 8.00. The fraction of sp³-hybridized carbons (Fsp3) is 0.318. The van der Waals surface area contributed by atoms with Crippen LogP contribution in [0.3, 0.4) is 0 Å². The lowest BCUT2D eigenvalue weighted by Gasteiger charge is -2.12. The van der Waals surface area contributed by atoms with Crippen LogP contribution in [-0.4, -0.2) is 47.7 Å². The van der Waals surface area contributed by atoms with Gasteiger partial charge in [0.2, 0.25) is 0 Å². The number of likely N-dealkylation sites (tertiary alicyclic amines) is 1. The first-order chi connectivity index (χ1) is 13.9. The largest absolute Gasteiger partial charge is 0.394 e. The number of benzene rings is 1. The molecule has 144 valence electrons. The highest BCUT2D eigenvalue weighted by atomic mass is 32.2. The average molecular weight is 410 g/mol. The third-order valence-corrected chi connectivity index (χ3v) is 7.70. The second kappa shape index (κ2) is 7.78. The Labute approximate surface area is 173 Å². The van der Waals surface area contributed by atoms with Crippen LogP contribution in [0.1, 0.15) is 23.4 Å². The van der Waals surface area contributed by atoms with Gasteiger partial charge in [-0.25, -0.2) is 0 Å². The van der Waals surface area contributed by atoms with Crippen molar-refractivity contribution in [2.24, 2.45) is 5.16 Å². The number of rotatable bonds is 6. The van der Waals surface area contributed by atoms with Crippen molar-refractivity contribution in [3.8, 4) is 16.8 Å². The van der Waals surface area contributed by atoms with E-state index in [-0.39, 0.29) is 0 Å². The van der Waals surface area contributed by atoms with E-state index in [1.807, 2.05) is 11.3 Å². The molecule has 5 rings (SSSR count). The molecule has 0 saturated carbocycles. The van der Waals surface area contributed by atoms with Gasteiger partial charge in [0.1, 0.15) is 12.3 Å². The molecule has 4 heterocycles. The molecular weight excluding hydrogens is 386 g/mol. The van der Waals surface area contributed by atoms with E-state index in [0.29, 0.717) is 6.61 Å². The van der Waals surface area contributed by atoms with Crippen molar-refractivity contribution >= 4 is 28.8 Å². The van der Waals surface area contributed by atoms with E-state index >= 15 is 0 Å². The van der Waals surface area contributed by atoms with Gasteiger partial charge >= 0.3 is 0 Å². The van der Waals surface area contributed by atoms with Gasteiger partial charge in [-0.3, -0.25) is 4.90 Å². The van der Waals surface area contributed by atoms with E-state index in [1.165, 1.54) is 51.8 Å². The SMILES string of the molecule is CSc1sc2c(c1-c1ccccc1)-n1cccc1C2=NOCCN1CCCC1. The summed E-state index contributed by atoms with van der Waals surface area (Å²) in [6.07, 6.45) is 6.89. The number of aromatic nitrogens is 1. The predicted octanol–water partition coefficient (Wildman–Crippen LogP) is 5.11. The molecule has 0 bridgehead atoms. The summed E-state index contributed by atoms with van der Waals surface area (Å²) < 4.78 is 3.58. The minimum atomic E-state index is 0.645. The third-order valence-electron chi connectivity index (χ3n) is 5.40. The summed E-state index contributed by atoms with van der Waals surface area (Å²) in [5.41, 5.74) is 5.87. The van der Waals surface area contributed by atoms with Crippen molar-refractivity contribution < 1.29 is 4.84 Å². The Kier molecular flexibility index (Phi) is 5.01. The molecule has 1 fully saturated rings. The second-order valence-corrected chi connectivity index (χ2v) is 9.19. The zero-order chi connectivity index (χ0) is 18.9. The van der Waals surface area contributed by atoms with Gasteiger partial charge < -0.3 is 9.40 Å². The van der Waals surface area contributed by atoms with Crippen molar-refractivity contribution in [3.63, 3.8) is 0 Å². The quantitative estimate of drug-likeness (QED) is 0.252. The molecule has 4 nitrogen and oxygen atoms in total. The number of fused-ring (bicyclic) bond motifs is 3. The smallest absolute Gasteiger partial charge is 0.146 e. The Balaban J connectivity index is 1.49. The molecular formula is C22H23N3OS2. The first-order valence-corrected chi connectivity index (χ1v) is 11.8. The van der Waals surface area contributed by atoms with Crippen LogP contribution in [-0.2, 0) is 4.84 Å². The Morgan fingerprint density at radius 2 is 1.93 bits per heavy atom. The van der Waals surface area contributed by atoms with Crippen molar-refractivity contribution in [3.05, 3.63) is 59.2 Å². The van der Waals surface area contributed by atoms with E-state index in [1.54, 1.807) is 11.8 Å². The minimum Gasteiger partial charge on any atom is -0.394 e. The van der Waals surface area contributed by atoms with Gasteiger partial charge in [-0.05, 0) is 49.9 Å². The Bertz CT molecular complexity index is 1000. The molecule has 0 spiro atoms. The van der Waals surface area contributed by atoms with E-state index in [2.05, 4.69) is 69.5 Å². The molecule has 1 saturated heterocycles. The number of thiophene rings is 1. The van der Waals surface area contributed by atoms with Crippen molar-refractivity contribution in [2.45, 2.75) is 17.1 Å². The molecule has 0 aliphatic carbocycles. The van der Waals surface area contributed by atoms with E-state index in [4.69, 9.17) is 4.84 Å². The topological polar surface area (TPSA) is 29.8 Å². The number of thioether (sulfide) groups is 1. The number of hydrogen-bond donors (Lipinski definition) is 0. The van der Waals surface area contributed by atoms with Gasteiger partial charge in [-0.15, -0.1) is 23.1 Å². The molecule has 2 aliphatic rings. The van der Waals surface area contributed by atoms with E-state index in [0.717, 1.165) is 18.0 Å². The molecule has 3 aromatic rings. The Morgan fingerprint density at radius 1 is 1.11 bits per heavy atom. The van der Waals surface area contributed by atoms with Crippen molar-refractivity contribution in [1.82, 2.24) is 9.47 Å². The molecule has 0 N–H and O–H groups in total. The van der Waals surface area contributed by atoms with Gasteiger partial charge in [0.05, 0.1) is 20.5 Å². The molecule has 6 heteroatoms. The van der Waals surface area contributed by atoms with Gasteiger partial charge in [0.25, 0.3) is 0 Å². The van der Waals surface area contributed by atoms with Crippen LogP contribution in [0.5, 0.6) is 0 Å². The monoisotopic (exact) mass is 409 g/mol. The molecule has 0 amide bonds. The van der Waals surface area contributed by atoms with Crippen LogP contribution in [0.2, 0.25) is 0 Å². The first kappa shape index (κ1) is 18.0. The minimum absolute atomic E-state index is 0.645. The number of nitrogens with zero attached hydrogens (tertiary/aromatic N) is 3. The molecule has 0 unspecified atom stereocenters. The summed E-state index contributed by atoms with van der Waals surface area (Å²) in [7, 11) is 0. The summed E-state index contributed by atoms with van der Waals surface area (Å²) in [5, 5.41) is 4.59. The zero-order valence-electron chi connectivity index (χ0n) is 15.9. The second-order valence-electron chi connectivity index (χ2n) is 7.10. The van der Waals surface area contributed by atoms with Gasteiger partial charge in [-0.1, -0.05) is 35.5 Å². The fourth-order valence-electron chi connectivity index (χ4n) is 4.06. The number of oxime groups is 1. The van der Waals surface area contributed by atoms with Crippen molar-refractivity contribution in [1.29, 1.82) is 0 Å². The van der Waals surface area contributed by atoms with E-state index in [9.17, 15) is 0 Å². The summed E-state index contributed by atoms with van der Waals surface area (Å²) in [6.45, 7) is 3.98. The predicted molar refractivity (Wildman–Crippen MR) is 118 cm³/mol. The fourth-order valence-corrected chi connectivity index (χ4v) is 6.10. The van der Waals surface area contributed by atoms with Gasteiger partial charge in [-0.2, -0.15) is 0 Å². The third kappa shape index (κ3) is 3.09. The maximum Gasteiger partial charge on any atom is 0.146 e. The molecule has 1 aromatic carbocycles. The summed E-state index contributed by atoms with van der Waals surface area (Å²) in [4.78, 5) is 9.44. The lowest BCUT2D eigenvalue weighted by atomic mass is 10.1. The zero-order valence-corrected chi connectivity index (χ0v) is 17.6. The maximum absolute atomic E-state index is 5.78. The van der Waals surface area contributed by atoms with Crippen LogP contribution in [0.15, 0.2) is 58.0 Å². The van der Waals surface area contributed by atoms with Crippen LogP contribution in [0, 0.1) is 0 Å². The van der Waals surface area contributed by atoms with Gasteiger partial charge in [0, 0.05) is 18.3 Å². The number of hydrogen-bond acceptors (Lipinski definition) is 5. The molecule has 2 aliphatic heterocycles. The van der Waals surface area contributed by atoms with Crippen molar-refractivity contribution in [2.75, 3.05) is 32.5 Å². The van der Waals surface area contributed by atoms with Gasteiger partial charge in [0.15, 0.2) is 0 Å². The lowest BCUT2D eigenvalue weighted by Crippen LogP contribution is -2.23. The van der Waals surface area contributed by atoms with E-state index < -0.39 is 0 Å². The van der Waals surface area contributed by atoms with Crippen LogP contribution < -0.4 is 0 Å². The van der Waals surface area contributed by atoms with Crippen LogP contribution in [0.25, 0.3) is 16.8 Å². The maximum atomic E-state index is 5.78. The summed E-state index contributed by atoms with van der Waals surface area (Å²) in [5.74, 6) is 0. The Morgan fingerprint density at radius 3 is 2.71 bits per heavy atom. The lowest BCUT2D eigenvalue weighted by molar-refractivity contribution is 0.119. The molecule has 0 atom stereocenters. The Hall–Kier alpha value is -2.02. The molecule has 0 radical (unpaired) electrons. The highest BCUT2D eigenvalue weighted by Gasteiger charge is 2.32.